The molecule has 54 valence electrons. The van der Waals surface area contributed by atoms with Crippen molar-refractivity contribution in [2.24, 2.45) is 0 Å². The van der Waals surface area contributed by atoms with Crippen molar-refractivity contribution in [1.29, 1.82) is 0 Å². The van der Waals surface area contributed by atoms with Crippen LogP contribution in [-0.4, -0.2) is 17.5 Å². The lowest BCUT2D eigenvalue weighted by molar-refractivity contribution is -0.111. The molecule has 0 unspecified atom stereocenters. The summed E-state index contributed by atoms with van der Waals surface area (Å²) in [5, 5.41) is 8.44. The van der Waals surface area contributed by atoms with Gasteiger partial charge in [-0.25, -0.2) is 0 Å². The number of carbonyl (C=O) groups is 1. The first kappa shape index (κ1) is 7.22. The lowest BCUT2D eigenvalue weighted by Crippen LogP contribution is -1.91. The number of allylic oxidation sites excluding steroid dienone is 3. The number of ketones is 1. The van der Waals surface area contributed by atoms with E-state index in [2.05, 4.69) is 0 Å². The second-order valence-corrected chi connectivity index (χ2v) is 2.21. The molecule has 0 aromatic heterocycles. The normalized spacial score (nSPS) is 20.9. The predicted octanol–water partition coefficient (Wildman–Crippen LogP) is 0.824. The smallest absolute Gasteiger partial charge is 0.181 e. The molecule has 0 amide bonds. The third-order valence-electron chi connectivity index (χ3n) is 1.44. The van der Waals surface area contributed by atoms with Gasteiger partial charge in [-0.2, -0.15) is 0 Å². The Balaban J connectivity index is 2.50. The molecule has 2 nitrogen and oxygen atoms in total. The SMILES string of the molecule is O=C1C=CC/C1=C\CCO. The van der Waals surface area contributed by atoms with Crippen LogP contribution in [-0.2, 0) is 4.79 Å². The number of hydrogen-bond donors (Lipinski definition) is 1. The molecule has 0 atom stereocenters. The average Bonchev–Trinajstić information content (AvgIpc) is 2.31. The number of aliphatic hydroxyl groups excluding tert-OH is 1. The number of rotatable bonds is 2. The van der Waals surface area contributed by atoms with E-state index in [0.29, 0.717) is 6.42 Å². The van der Waals surface area contributed by atoms with Crippen molar-refractivity contribution in [3.63, 3.8) is 0 Å². The van der Waals surface area contributed by atoms with Crippen LogP contribution in [0.3, 0.4) is 0 Å². The zero-order valence-corrected chi connectivity index (χ0v) is 5.71. The Bertz CT molecular complexity index is 189. The summed E-state index contributed by atoms with van der Waals surface area (Å²) in [4.78, 5) is 10.8. The van der Waals surface area contributed by atoms with E-state index in [1.54, 1.807) is 12.2 Å². The summed E-state index contributed by atoms with van der Waals surface area (Å²) < 4.78 is 0. The van der Waals surface area contributed by atoms with E-state index in [1.165, 1.54) is 0 Å². The number of carbonyl (C=O) groups excluding carboxylic acids is 1. The van der Waals surface area contributed by atoms with Gasteiger partial charge in [0.2, 0.25) is 0 Å². The van der Waals surface area contributed by atoms with Crippen LogP contribution in [0.2, 0.25) is 0 Å². The summed E-state index contributed by atoms with van der Waals surface area (Å²) in [6.45, 7) is 0.122. The Morgan fingerprint density at radius 3 is 3.00 bits per heavy atom. The molecule has 0 fully saturated rings. The molecular weight excluding hydrogens is 128 g/mol. The van der Waals surface area contributed by atoms with Gasteiger partial charge in [-0.1, -0.05) is 12.2 Å². The van der Waals surface area contributed by atoms with Gasteiger partial charge in [0.25, 0.3) is 0 Å². The summed E-state index contributed by atoms with van der Waals surface area (Å²) in [6, 6.07) is 0. The van der Waals surface area contributed by atoms with Crippen LogP contribution in [0, 0.1) is 0 Å². The van der Waals surface area contributed by atoms with Crippen molar-refractivity contribution < 1.29 is 9.90 Å². The molecule has 2 heteroatoms. The van der Waals surface area contributed by atoms with Crippen LogP contribution >= 0.6 is 0 Å². The van der Waals surface area contributed by atoms with Crippen molar-refractivity contribution in [3.05, 3.63) is 23.8 Å². The van der Waals surface area contributed by atoms with E-state index in [9.17, 15) is 4.79 Å². The summed E-state index contributed by atoms with van der Waals surface area (Å²) >= 11 is 0. The Kier molecular flexibility index (Phi) is 2.40. The van der Waals surface area contributed by atoms with Gasteiger partial charge in [-0.15, -0.1) is 0 Å². The standard InChI is InChI=1S/C8H10O2/c9-6-2-4-7-3-1-5-8(7)10/h1,4-5,9H,2-3,6H2/b7-4+. The molecule has 0 radical (unpaired) electrons. The van der Waals surface area contributed by atoms with Crippen LogP contribution in [0.5, 0.6) is 0 Å². The molecule has 0 spiro atoms. The number of hydrogen-bond acceptors (Lipinski definition) is 2. The van der Waals surface area contributed by atoms with E-state index in [-0.39, 0.29) is 12.4 Å². The Labute approximate surface area is 59.9 Å². The van der Waals surface area contributed by atoms with Gasteiger partial charge in [0.15, 0.2) is 5.78 Å². The molecule has 0 aromatic rings. The fraction of sp³-hybridized carbons (Fsp3) is 0.375. The lowest BCUT2D eigenvalue weighted by atomic mass is 10.1. The first-order valence-electron chi connectivity index (χ1n) is 3.35. The lowest BCUT2D eigenvalue weighted by Gasteiger charge is -1.91. The zero-order chi connectivity index (χ0) is 7.40. The van der Waals surface area contributed by atoms with E-state index < -0.39 is 0 Å². The van der Waals surface area contributed by atoms with E-state index >= 15 is 0 Å². The third kappa shape index (κ3) is 1.54. The maximum absolute atomic E-state index is 10.8. The molecule has 0 saturated heterocycles. The van der Waals surface area contributed by atoms with Gasteiger partial charge in [-0.3, -0.25) is 4.79 Å². The highest BCUT2D eigenvalue weighted by atomic mass is 16.2. The average molecular weight is 138 g/mol. The molecule has 1 aliphatic rings. The van der Waals surface area contributed by atoms with E-state index in [4.69, 9.17) is 5.11 Å². The van der Waals surface area contributed by atoms with Crippen LogP contribution in [0.4, 0.5) is 0 Å². The molecule has 1 N–H and O–H groups in total. The van der Waals surface area contributed by atoms with Gasteiger partial charge >= 0.3 is 0 Å². The molecule has 10 heavy (non-hydrogen) atoms. The number of aliphatic hydroxyl groups is 1. The summed E-state index contributed by atoms with van der Waals surface area (Å²) in [6.07, 6.45) is 6.53. The first-order chi connectivity index (χ1) is 4.84. The molecule has 0 aliphatic heterocycles. The van der Waals surface area contributed by atoms with Crippen LogP contribution < -0.4 is 0 Å². The molecule has 1 rings (SSSR count). The van der Waals surface area contributed by atoms with Crippen molar-refractivity contribution in [1.82, 2.24) is 0 Å². The van der Waals surface area contributed by atoms with Crippen LogP contribution in [0.15, 0.2) is 23.8 Å². The monoisotopic (exact) mass is 138 g/mol. The highest BCUT2D eigenvalue weighted by molar-refractivity contribution is 6.06. The van der Waals surface area contributed by atoms with E-state index in [1.807, 2.05) is 6.08 Å². The van der Waals surface area contributed by atoms with Crippen molar-refractivity contribution in [2.45, 2.75) is 12.8 Å². The molecule has 0 aromatic carbocycles. The molecule has 1 aliphatic carbocycles. The summed E-state index contributed by atoms with van der Waals surface area (Å²) in [5.74, 6) is 0.0912. The van der Waals surface area contributed by atoms with E-state index in [0.717, 1.165) is 12.0 Å². The quantitative estimate of drug-likeness (QED) is 0.574. The minimum Gasteiger partial charge on any atom is -0.396 e. The van der Waals surface area contributed by atoms with Crippen molar-refractivity contribution in [2.75, 3.05) is 6.61 Å². The topological polar surface area (TPSA) is 37.3 Å². The van der Waals surface area contributed by atoms with Gasteiger partial charge < -0.3 is 5.11 Å². The second-order valence-electron chi connectivity index (χ2n) is 2.21. The minimum absolute atomic E-state index is 0.0912. The minimum atomic E-state index is 0.0912. The zero-order valence-electron chi connectivity index (χ0n) is 5.71. The summed E-state index contributed by atoms with van der Waals surface area (Å²) in [5.41, 5.74) is 0.814. The Hall–Kier alpha value is -0.890. The van der Waals surface area contributed by atoms with Crippen molar-refractivity contribution in [3.8, 4) is 0 Å². The maximum atomic E-state index is 10.8. The van der Waals surface area contributed by atoms with Gasteiger partial charge in [0.05, 0.1) is 0 Å². The van der Waals surface area contributed by atoms with Gasteiger partial charge in [-0.05, 0) is 24.5 Å². The maximum Gasteiger partial charge on any atom is 0.181 e. The largest absolute Gasteiger partial charge is 0.396 e. The Morgan fingerprint density at radius 2 is 2.50 bits per heavy atom. The van der Waals surface area contributed by atoms with Gasteiger partial charge in [0.1, 0.15) is 0 Å². The van der Waals surface area contributed by atoms with Crippen LogP contribution in [0.25, 0.3) is 0 Å². The molecule has 0 saturated carbocycles. The first-order valence-corrected chi connectivity index (χ1v) is 3.35. The van der Waals surface area contributed by atoms with Crippen molar-refractivity contribution >= 4 is 5.78 Å². The fourth-order valence-electron chi connectivity index (χ4n) is 0.923. The highest BCUT2D eigenvalue weighted by Crippen LogP contribution is 2.12. The highest BCUT2D eigenvalue weighted by Gasteiger charge is 2.08. The molecule has 0 bridgehead atoms. The fourth-order valence-corrected chi connectivity index (χ4v) is 0.923. The molecular formula is C8H10O2. The summed E-state index contributed by atoms with van der Waals surface area (Å²) in [7, 11) is 0. The molecule has 0 heterocycles. The Morgan fingerprint density at radius 1 is 1.70 bits per heavy atom. The van der Waals surface area contributed by atoms with Gasteiger partial charge in [0, 0.05) is 6.61 Å². The van der Waals surface area contributed by atoms with Crippen LogP contribution in [0.1, 0.15) is 12.8 Å². The predicted molar refractivity (Wildman–Crippen MR) is 38.5 cm³/mol. The second kappa shape index (κ2) is 3.32. The third-order valence-corrected chi connectivity index (χ3v) is 1.44.